The Kier molecular flexibility index (Phi) is 5.59. The van der Waals surface area contributed by atoms with Gasteiger partial charge in [-0.05, 0) is 19.0 Å². The van der Waals surface area contributed by atoms with Gasteiger partial charge >= 0.3 is 0 Å². The second-order valence-corrected chi connectivity index (χ2v) is 6.04. The van der Waals surface area contributed by atoms with Crippen LogP contribution in [-0.4, -0.2) is 59.3 Å². The number of hydrogen-bond acceptors (Lipinski definition) is 6. The highest BCUT2D eigenvalue weighted by Crippen LogP contribution is 2.17. The van der Waals surface area contributed by atoms with Gasteiger partial charge in [-0.1, -0.05) is 37.3 Å². The van der Waals surface area contributed by atoms with E-state index in [9.17, 15) is 0 Å². The Labute approximate surface area is 144 Å². The molecule has 128 valence electrons. The average Bonchev–Trinajstić information content (AvgIpc) is 2.67. The molecule has 0 radical (unpaired) electrons. The zero-order valence-corrected chi connectivity index (χ0v) is 14.6. The summed E-state index contributed by atoms with van der Waals surface area (Å²) in [6.07, 6.45) is 1.78. The summed E-state index contributed by atoms with van der Waals surface area (Å²) in [5.74, 6) is 1.64. The lowest BCUT2D eigenvalue weighted by atomic mass is 10.2. The highest BCUT2D eigenvalue weighted by molar-refractivity contribution is 5.42. The van der Waals surface area contributed by atoms with Crippen molar-refractivity contribution >= 4 is 11.8 Å². The molecule has 0 atom stereocenters. The van der Waals surface area contributed by atoms with E-state index in [1.807, 2.05) is 6.07 Å². The van der Waals surface area contributed by atoms with Crippen molar-refractivity contribution in [3.63, 3.8) is 0 Å². The minimum Gasteiger partial charge on any atom is -0.353 e. The molecule has 2 aromatic rings. The molecule has 3 rings (SSSR count). The number of rotatable bonds is 6. The summed E-state index contributed by atoms with van der Waals surface area (Å²) in [6, 6.07) is 10.4. The topological polar surface area (TPSA) is 48.4 Å². The molecule has 0 aliphatic carbocycles. The van der Waals surface area contributed by atoms with Crippen molar-refractivity contribution in [2.24, 2.45) is 0 Å². The van der Waals surface area contributed by atoms with Gasteiger partial charge < -0.3 is 14.7 Å². The van der Waals surface area contributed by atoms with Crippen LogP contribution in [0.25, 0.3) is 0 Å². The van der Waals surface area contributed by atoms with Crippen LogP contribution in [0.1, 0.15) is 19.4 Å². The molecule has 0 saturated carbocycles. The molecule has 0 N–H and O–H groups in total. The van der Waals surface area contributed by atoms with Gasteiger partial charge in [0.2, 0.25) is 5.95 Å². The van der Waals surface area contributed by atoms with Gasteiger partial charge in [-0.25, -0.2) is 0 Å². The van der Waals surface area contributed by atoms with Crippen molar-refractivity contribution in [3.05, 3.63) is 42.1 Å². The predicted octanol–water partition coefficient (Wildman–Crippen LogP) is 2.04. The van der Waals surface area contributed by atoms with Crippen molar-refractivity contribution in [2.75, 3.05) is 49.1 Å². The molecule has 6 nitrogen and oxygen atoms in total. The largest absolute Gasteiger partial charge is 0.353 e. The number of hydrogen-bond donors (Lipinski definition) is 0. The predicted molar refractivity (Wildman–Crippen MR) is 97.3 cm³/mol. The maximum Gasteiger partial charge on any atom is 0.247 e. The van der Waals surface area contributed by atoms with Crippen molar-refractivity contribution in [1.82, 2.24) is 20.1 Å². The lowest BCUT2D eigenvalue weighted by Crippen LogP contribution is -2.46. The van der Waals surface area contributed by atoms with Gasteiger partial charge in [0.25, 0.3) is 0 Å². The molecule has 0 bridgehead atoms. The normalized spacial score (nSPS) is 15.5. The van der Waals surface area contributed by atoms with Gasteiger partial charge in [0.05, 0.1) is 6.20 Å². The molecule has 1 aromatic carbocycles. The third-order valence-electron chi connectivity index (χ3n) is 4.56. The van der Waals surface area contributed by atoms with Crippen LogP contribution in [0, 0.1) is 0 Å². The molecule has 6 heteroatoms. The van der Waals surface area contributed by atoms with Crippen LogP contribution in [-0.2, 0) is 6.54 Å². The number of likely N-dealkylation sites (N-methyl/N-ethyl adjacent to an activating group) is 1. The maximum atomic E-state index is 4.77. The first kappa shape index (κ1) is 16.6. The Hall–Kier alpha value is -2.21. The van der Waals surface area contributed by atoms with Crippen LogP contribution in [0.2, 0.25) is 0 Å². The Morgan fingerprint density at radius 3 is 2.46 bits per heavy atom. The molecule has 1 aliphatic heterocycles. The quantitative estimate of drug-likeness (QED) is 0.810. The zero-order chi connectivity index (χ0) is 16.8. The third kappa shape index (κ3) is 4.00. The molecular formula is C18H26N6. The van der Waals surface area contributed by atoms with Gasteiger partial charge in [-0.3, -0.25) is 0 Å². The highest BCUT2D eigenvalue weighted by atomic mass is 15.4. The van der Waals surface area contributed by atoms with E-state index in [4.69, 9.17) is 4.98 Å². The zero-order valence-electron chi connectivity index (χ0n) is 14.6. The first-order valence-electron chi connectivity index (χ1n) is 8.76. The molecular weight excluding hydrogens is 300 g/mol. The fraction of sp³-hybridized carbons (Fsp3) is 0.500. The van der Waals surface area contributed by atoms with Crippen LogP contribution in [0.5, 0.6) is 0 Å². The summed E-state index contributed by atoms with van der Waals surface area (Å²) in [5, 5.41) is 8.46. The van der Waals surface area contributed by atoms with E-state index < -0.39 is 0 Å². The highest BCUT2D eigenvalue weighted by Gasteiger charge is 2.18. The Bertz CT molecular complexity index is 624. The summed E-state index contributed by atoms with van der Waals surface area (Å²) in [6.45, 7) is 11.3. The van der Waals surface area contributed by atoms with Crippen LogP contribution in [0.3, 0.4) is 0 Å². The van der Waals surface area contributed by atoms with Crippen molar-refractivity contribution in [1.29, 1.82) is 0 Å². The van der Waals surface area contributed by atoms with E-state index in [0.717, 1.165) is 51.6 Å². The van der Waals surface area contributed by atoms with Crippen LogP contribution in [0.4, 0.5) is 11.8 Å². The standard InChI is InChI=1S/C18H26N6/c1-3-22-10-12-24(13-11-22)17-14-19-21-18(20-17)23(4-2)15-16-8-6-5-7-9-16/h5-9,14H,3-4,10-13,15H2,1-2H3. The summed E-state index contributed by atoms with van der Waals surface area (Å²) >= 11 is 0. The minimum absolute atomic E-state index is 0.705. The number of aromatic nitrogens is 3. The van der Waals surface area contributed by atoms with Crippen LogP contribution in [0.15, 0.2) is 36.5 Å². The molecule has 0 spiro atoms. The first-order valence-corrected chi connectivity index (χ1v) is 8.76. The number of benzene rings is 1. The van der Waals surface area contributed by atoms with Crippen LogP contribution < -0.4 is 9.80 Å². The lowest BCUT2D eigenvalue weighted by Gasteiger charge is -2.34. The van der Waals surface area contributed by atoms with Gasteiger partial charge in [-0.15, -0.1) is 5.10 Å². The molecule has 1 fully saturated rings. The fourth-order valence-electron chi connectivity index (χ4n) is 2.99. The van der Waals surface area contributed by atoms with E-state index in [2.05, 4.69) is 63.0 Å². The minimum atomic E-state index is 0.705. The number of nitrogens with zero attached hydrogens (tertiary/aromatic N) is 6. The number of piperazine rings is 1. The second kappa shape index (κ2) is 8.06. The summed E-state index contributed by atoms with van der Waals surface area (Å²) in [4.78, 5) is 11.7. The first-order chi connectivity index (χ1) is 11.8. The SMILES string of the molecule is CCN1CCN(c2cnnc(N(CC)Cc3ccccc3)n2)CC1. The maximum absolute atomic E-state index is 4.77. The molecule has 2 heterocycles. The summed E-state index contributed by atoms with van der Waals surface area (Å²) in [7, 11) is 0. The average molecular weight is 326 g/mol. The smallest absolute Gasteiger partial charge is 0.247 e. The van der Waals surface area contributed by atoms with E-state index in [1.54, 1.807) is 6.20 Å². The Morgan fingerprint density at radius 2 is 1.79 bits per heavy atom. The van der Waals surface area contributed by atoms with Crippen molar-refractivity contribution < 1.29 is 0 Å². The van der Waals surface area contributed by atoms with Gasteiger partial charge in [-0.2, -0.15) is 10.1 Å². The van der Waals surface area contributed by atoms with E-state index in [0.29, 0.717) is 5.95 Å². The number of anilines is 2. The molecule has 1 saturated heterocycles. The Balaban J connectivity index is 1.71. The third-order valence-corrected chi connectivity index (χ3v) is 4.56. The molecule has 24 heavy (non-hydrogen) atoms. The summed E-state index contributed by atoms with van der Waals surface area (Å²) < 4.78 is 0. The van der Waals surface area contributed by atoms with E-state index in [1.165, 1.54) is 5.56 Å². The van der Waals surface area contributed by atoms with Gasteiger partial charge in [0, 0.05) is 39.3 Å². The molecule has 0 unspecified atom stereocenters. The fourth-order valence-corrected chi connectivity index (χ4v) is 2.99. The molecule has 1 aromatic heterocycles. The molecule has 0 amide bonds. The van der Waals surface area contributed by atoms with Crippen molar-refractivity contribution in [3.8, 4) is 0 Å². The Morgan fingerprint density at radius 1 is 1.04 bits per heavy atom. The molecule has 1 aliphatic rings. The monoisotopic (exact) mass is 326 g/mol. The lowest BCUT2D eigenvalue weighted by molar-refractivity contribution is 0.270. The van der Waals surface area contributed by atoms with Crippen molar-refractivity contribution in [2.45, 2.75) is 20.4 Å². The summed E-state index contributed by atoms with van der Waals surface area (Å²) in [5.41, 5.74) is 1.25. The van der Waals surface area contributed by atoms with Gasteiger partial charge in [0.1, 0.15) is 0 Å². The van der Waals surface area contributed by atoms with Crippen LogP contribution >= 0.6 is 0 Å². The van der Waals surface area contributed by atoms with E-state index in [-0.39, 0.29) is 0 Å². The van der Waals surface area contributed by atoms with Gasteiger partial charge in [0.15, 0.2) is 5.82 Å². The second-order valence-electron chi connectivity index (χ2n) is 6.04. The van der Waals surface area contributed by atoms with E-state index >= 15 is 0 Å².